The van der Waals surface area contributed by atoms with Gasteiger partial charge in [0.2, 0.25) is 0 Å². The summed E-state index contributed by atoms with van der Waals surface area (Å²) >= 11 is 0. The first-order chi connectivity index (χ1) is 9.24. The zero-order chi connectivity index (χ0) is 13.2. The number of nitrogens with zero attached hydrogens (tertiary/aromatic N) is 4. The fourth-order valence-electron chi connectivity index (χ4n) is 2.15. The van der Waals surface area contributed by atoms with E-state index < -0.39 is 0 Å². The molecule has 0 atom stereocenters. The average molecular weight is 254 g/mol. The van der Waals surface area contributed by atoms with E-state index in [1.807, 2.05) is 17.9 Å². The van der Waals surface area contributed by atoms with Crippen molar-refractivity contribution in [2.24, 2.45) is 0 Å². The monoisotopic (exact) mass is 254 g/mol. The van der Waals surface area contributed by atoms with Gasteiger partial charge in [-0.05, 0) is 25.1 Å². The largest absolute Gasteiger partial charge is 0.337 e. The molecule has 0 unspecified atom stereocenters. The van der Waals surface area contributed by atoms with Crippen molar-refractivity contribution in [2.75, 3.05) is 13.1 Å². The molecule has 0 bridgehead atoms. The molecule has 5 nitrogen and oxygen atoms in total. The Morgan fingerprint density at radius 3 is 2.63 bits per heavy atom. The van der Waals surface area contributed by atoms with Crippen molar-refractivity contribution in [3.63, 3.8) is 0 Å². The molecule has 1 saturated heterocycles. The highest BCUT2D eigenvalue weighted by Gasteiger charge is 2.33. The first kappa shape index (κ1) is 11.8. The van der Waals surface area contributed by atoms with E-state index in [4.69, 9.17) is 0 Å². The van der Waals surface area contributed by atoms with E-state index >= 15 is 0 Å². The van der Waals surface area contributed by atoms with Crippen LogP contribution >= 0.6 is 0 Å². The molecule has 2 aromatic heterocycles. The maximum atomic E-state index is 12.1. The van der Waals surface area contributed by atoms with E-state index in [0.29, 0.717) is 18.7 Å². The van der Waals surface area contributed by atoms with Crippen LogP contribution in [0.1, 0.15) is 27.8 Å². The van der Waals surface area contributed by atoms with Crippen molar-refractivity contribution in [1.82, 2.24) is 19.9 Å². The van der Waals surface area contributed by atoms with E-state index in [-0.39, 0.29) is 11.8 Å². The van der Waals surface area contributed by atoms with Crippen LogP contribution in [0.25, 0.3) is 0 Å². The van der Waals surface area contributed by atoms with E-state index in [1.165, 1.54) is 0 Å². The molecule has 1 fully saturated rings. The zero-order valence-corrected chi connectivity index (χ0v) is 10.7. The first-order valence-electron chi connectivity index (χ1n) is 6.23. The number of amides is 1. The average Bonchev–Trinajstić information content (AvgIpc) is 2.38. The fraction of sp³-hybridized carbons (Fsp3) is 0.286. The molecular weight excluding hydrogens is 240 g/mol. The van der Waals surface area contributed by atoms with Gasteiger partial charge in [0.1, 0.15) is 5.82 Å². The lowest BCUT2D eigenvalue weighted by molar-refractivity contribution is 0.0594. The molecule has 3 rings (SSSR count). The molecule has 0 saturated carbocycles. The van der Waals surface area contributed by atoms with Crippen molar-refractivity contribution >= 4 is 5.91 Å². The highest BCUT2D eigenvalue weighted by molar-refractivity contribution is 5.94. The van der Waals surface area contributed by atoms with Gasteiger partial charge in [-0.2, -0.15) is 0 Å². The van der Waals surface area contributed by atoms with Crippen LogP contribution in [0.5, 0.6) is 0 Å². The normalized spacial score (nSPS) is 15.1. The molecule has 5 heteroatoms. The van der Waals surface area contributed by atoms with Gasteiger partial charge in [-0.25, -0.2) is 9.97 Å². The zero-order valence-electron chi connectivity index (χ0n) is 10.7. The SMILES string of the molecule is Cc1ccnc(C2CN(C(=O)c3ccncc3)C2)n1. The molecule has 0 spiro atoms. The maximum Gasteiger partial charge on any atom is 0.254 e. The Kier molecular flexibility index (Phi) is 2.95. The van der Waals surface area contributed by atoms with Crippen LogP contribution in [0.15, 0.2) is 36.8 Å². The lowest BCUT2D eigenvalue weighted by atomic mass is 9.98. The number of carbonyl (C=O) groups excluding carboxylic acids is 1. The Morgan fingerprint density at radius 2 is 1.95 bits per heavy atom. The summed E-state index contributed by atoms with van der Waals surface area (Å²) in [6.45, 7) is 3.32. The van der Waals surface area contributed by atoms with Gasteiger partial charge in [-0.3, -0.25) is 9.78 Å². The lowest BCUT2D eigenvalue weighted by Gasteiger charge is -2.38. The number of hydrogen-bond donors (Lipinski definition) is 0. The molecule has 1 aliphatic rings. The van der Waals surface area contributed by atoms with E-state index in [0.717, 1.165) is 11.5 Å². The molecule has 0 aromatic carbocycles. The van der Waals surface area contributed by atoms with Gasteiger partial charge in [0.05, 0.1) is 5.92 Å². The molecule has 0 N–H and O–H groups in total. The number of pyridine rings is 1. The Balaban J connectivity index is 1.66. The number of carbonyl (C=O) groups is 1. The summed E-state index contributed by atoms with van der Waals surface area (Å²) in [7, 11) is 0. The van der Waals surface area contributed by atoms with Gasteiger partial charge in [0, 0.05) is 42.9 Å². The number of aryl methyl sites for hydroxylation is 1. The van der Waals surface area contributed by atoms with Crippen LogP contribution < -0.4 is 0 Å². The summed E-state index contributed by atoms with van der Waals surface area (Å²) in [4.78, 5) is 26.5. The third-order valence-electron chi connectivity index (χ3n) is 3.27. The van der Waals surface area contributed by atoms with Gasteiger partial charge in [0.25, 0.3) is 5.91 Å². The van der Waals surface area contributed by atoms with Gasteiger partial charge < -0.3 is 4.90 Å². The summed E-state index contributed by atoms with van der Waals surface area (Å²) in [5.41, 5.74) is 1.64. The topological polar surface area (TPSA) is 59.0 Å². The maximum absolute atomic E-state index is 12.1. The second kappa shape index (κ2) is 4.76. The molecular formula is C14H14N4O. The van der Waals surface area contributed by atoms with Crippen LogP contribution in [0, 0.1) is 6.92 Å². The number of hydrogen-bond acceptors (Lipinski definition) is 4. The second-order valence-electron chi connectivity index (χ2n) is 4.70. The van der Waals surface area contributed by atoms with Gasteiger partial charge in [-0.1, -0.05) is 0 Å². The third-order valence-corrected chi connectivity index (χ3v) is 3.27. The molecule has 96 valence electrons. The highest BCUT2D eigenvalue weighted by atomic mass is 16.2. The summed E-state index contributed by atoms with van der Waals surface area (Å²) in [5, 5.41) is 0. The number of aromatic nitrogens is 3. The Bertz CT molecular complexity index is 593. The molecule has 0 aliphatic carbocycles. The summed E-state index contributed by atoms with van der Waals surface area (Å²) in [6, 6.07) is 5.35. The van der Waals surface area contributed by atoms with Crippen LogP contribution in [0.2, 0.25) is 0 Å². The van der Waals surface area contributed by atoms with Crippen molar-refractivity contribution < 1.29 is 4.79 Å². The summed E-state index contributed by atoms with van der Waals surface area (Å²) in [6.07, 6.45) is 5.04. The van der Waals surface area contributed by atoms with Crippen LogP contribution in [-0.4, -0.2) is 38.8 Å². The van der Waals surface area contributed by atoms with Crippen molar-refractivity contribution in [3.05, 3.63) is 53.9 Å². The molecule has 0 radical (unpaired) electrons. The third kappa shape index (κ3) is 2.31. The van der Waals surface area contributed by atoms with Gasteiger partial charge in [0.15, 0.2) is 0 Å². The predicted molar refractivity (Wildman–Crippen MR) is 69.7 cm³/mol. The lowest BCUT2D eigenvalue weighted by Crippen LogP contribution is -2.49. The number of rotatable bonds is 2. The molecule has 1 amide bonds. The Morgan fingerprint density at radius 1 is 1.21 bits per heavy atom. The molecule has 3 heterocycles. The standard InChI is InChI=1S/C14H14N4O/c1-10-2-7-16-13(17-10)12-8-18(9-12)14(19)11-3-5-15-6-4-11/h2-7,12H,8-9H2,1H3. The minimum Gasteiger partial charge on any atom is -0.337 e. The van der Waals surface area contributed by atoms with Crippen LogP contribution in [0.4, 0.5) is 0 Å². The summed E-state index contributed by atoms with van der Waals surface area (Å²) in [5.74, 6) is 1.13. The molecule has 2 aromatic rings. The Labute approximate surface area is 111 Å². The smallest absolute Gasteiger partial charge is 0.254 e. The van der Waals surface area contributed by atoms with Crippen molar-refractivity contribution in [1.29, 1.82) is 0 Å². The van der Waals surface area contributed by atoms with Gasteiger partial charge in [-0.15, -0.1) is 0 Å². The van der Waals surface area contributed by atoms with Crippen LogP contribution in [-0.2, 0) is 0 Å². The first-order valence-corrected chi connectivity index (χ1v) is 6.23. The Hall–Kier alpha value is -2.30. The van der Waals surface area contributed by atoms with E-state index in [2.05, 4.69) is 15.0 Å². The van der Waals surface area contributed by atoms with Crippen LogP contribution in [0.3, 0.4) is 0 Å². The molecule has 1 aliphatic heterocycles. The van der Waals surface area contributed by atoms with E-state index in [1.54, 1.807) is 30.7 Å². The van der Waals surface area contributed by atoms with Crippen molar-refractivity contribution in [2.45, 2.75) is 12.8 Å². The second-order valence-corrected chi connectivity index (χ2v) is 4.70. The van der Waals surface area contributed by atoms with Gasteiger partial charge >= 0.3 is 0 Å². The minimum absolute atomic E-state index is 0.0475. The number of likely N-dealkylation sites (tertiary alicyclic amines) is 1. The quantitative estimate of drug-likeness (QED) is 0.813. The summed E-state index contributed by atoms with van der Waals surface area (Å²) < 4.78 is 0. The predicted octanol–water partition coefficient (Wildman–Crippen LogP) is 1.42. The van der Waals surface area contributed by atoms with Crippen molar-refractivity contribution in [3.8, 4) is 0 Å². The van der Waals surface area contributed by atoms with E-state index in [9.17, 15) is 4.79 Å². The molecule has 19 heavy (non-hydrogen) atoms. The fourth-order valence-corrected chi connectivity index (χ4v) is 2.15. The minimum atomic E-state index is 0.0475. The highest BCUT2D eigenvalue weighted by Crippen LogP contribution is 2.25.